The van der Waals surface area contributed by atoms with E-state index in [0.29, 0.717) is 0 Å². The Bertz CT molecular complexity index is 867. The summed E-state index contributed by atoms with van der Waals surface area (Å²) in [5, 5.41) is 0. The maximum atomic E-state index is 12.8. The lowest BCUT2D eigenvalue weighted by molar-refractivity contribution is 0.0739. The number of aromatic nitrogens is 1. The number of carbonyl (C=O) groups excluding carboxylic acids is 1. The van der Waals surface area contributed by atoms with Crippen molar-refractivity contribution >= 4 is 21.6 Å². The summed E-state index contributed by atoms with van der Waals surface area (Å²) < 4.78 is 25.7. The smallest absolute Gasteiger partial charge is 0.254 e. The van der Waals surface area contributed by atoms with Crippen molar-refractivity contribution in [3.63, 3.8) is 0 Å². The van der Waals surface area contributed by atoms with Gasteiger partial charge >= 0.3 is 0 Å². The summed E-state index contributed by atoms with van der Waals surface area (Å²) in [6.07, 6.45) is 1.66. The number of hydrogen-bond acceptors (Lipinski definition) is 5. The van der Waals surface area contributed by atoms with E-state index in [9.17, 15) is 13.2 Å². The average molecular weight is 362 g/mol. The van der Waals surface area contributed by atoms with Crippen LogP contribution in [-0.4, -0.2) is 49.7 Å². The first kappa shape index (κ1) is 18.9. The highest BCUT2D eigenvalue weighted by Gasteiger charge is 2.23. The molecule has 134 valence electrons. The van der Waals surface area contributed by atoms with E-state index in [-0.39, 0.29) is 28.1 Å². The SMILES string of the molecule is C[C@H](c1ccccn1)N(C)C(=O)c1cc(N)cc(S(=O)(=O)N(C)C)c1. The van der Waals surface area contributed by atoms with Gasteiger partial charge < -0.3 is 10.6 Å². The van der Waals surface area contributed by atoms with Crippen LogP contribution in [-0.2, 0) is 10.0 Å². The molecule has 0 bridgehead atoms. The van der Waals surface area contributed by atoms with E-state index in [4.69, 9.17) is 5.73 Å². The van der Waals surface area contributed by atoms with Crippen LogP contribution in [0.5, 0.6) is 0 Å². The average Bonchev–Trinajstić information content (AvgIpc) is 2.59. The Balaban J connectivity index is 2.38. The highest BCUT2D eigenvalue weighted by Crippen LogP contribution is 2.23. The van der Waals surface area contributed by atoms with Gasteiger partial charge in [0.05, 0.1) is 16.6 Å². The Labute approximate surface area is 148 Å². The molecule has 0 unspecified atom stereocenters. The molecular weight excluding hydrogens is 340 g/mol. The third-order valence-corrected chi connectivity index (χ3v) is 5.76. The second-order valence-electron chi connectivity index (χ2n) is 5.92. The van der Waals surface area contributed by atoms with Crippen LogP contribution in [0, 0.1) is 0 Å². The monoisotopic (exact) mass is 362 g/mol. The third kappa shape index (κ3) is 3.97. The molecule has 25 heavy (non-hydrogen) atoms. The van der Waals surface area contributed by atoms with Crippen LogP contribution in [0.4, 0.5) is 5.69 Å². The molecule has 1 aromatic carbocycles. The zero-order valence-corrected chi connectivity index (χ0v) is 15.5. The fourth-order valence-corrected chi connectivity index (χ4v) is 3.29. The van der Waals surface area contributed by atoms with Gasteiger partial charge in [0, 0.05) is 38.6 Å². The Morgan fingerprint density at radius 1 is 1.16 bits per heavy atom. The predicted octanol–water partition coefficient (Wildman–Crippen LogP) is 1.75. The molecule has 1 aromatic heterocycles. The highest BCUT2D eigenvalue weighted by molar-refractivity contribution is 7.89. The fourth-order valence-electron chi connectivity index (χ4n) is 2.31. The molecule has 1 atom stereocenters. The van der Waals surface area contributed by atoms with Gasteiger partial charge in [0.15, 0.2) is 0 Å². The van der Waals surface area contributed by atoms with E-state index >= 15 is 0 Å². The van der Waals surface area contributed by atoms with Crippen molar-refractivity contribution in [2.75, 3.05) is 26.9 Å². The number of anilines is 1. The highest BCUT2D eigenvalue weighted by atomic mass is 32.2. The van der Waals surface area contributed by atoms with Crippen molar-refractivity contribution < 1.29 is 13.2 Å². The zero-order valence-electron chi connectivity index (χ0n) is 14.7. The van der Waals surface area contributed by atoms with Crippen LogP contribution in [0.25, 0.3) is 0 Å². The molecule has 0 fully saturated rings. The summed E-state index contributed by atoms with van der Waals surface area (Å²) in [5.41, 5.74) is 6.98. The summed E-state index contributed by atoms with van der Waals surface area (Å²) in [7, 11) is 0.812. The molecule has 2 aromatic rings. The number of amides is 1. The summed E-state index contributed by atoms with van der Waals surface area (Å²) >= 11 is 0. The van der Waals surface area contributed by atoms with Crippen LogP contribution in [0.2, 0.25) is 0 Å². The van der Waals surface area contributed by atoms with Gasteiger partial charge in [0.2, 0.25) is 10.0 Å². The summed E-state index contributed by atoms with van der Waals surface area (Å²) in [6.45, 7) is 1.85. The third-order valence-electron chi connectivity index (χ3n) is 3.97. The molecule has 2 rings (SSSR count). The Hall–Kier alpha value is -2.45. The molecule has 0 spiro atoms. The minimum atomic E-state index is -3.68. The van der Waals surface area contributed by atoms with Gasteiger partial charge in [-0.2, -0.15) is 0 Å². The molecule has 8 heteroatoms. The number of pyridine rings is 1. The molecule has 0 aliphatic rings. The number of benzene rings is 1. The van der Waals surface area contributed by atoms with E-state index < -0.39 is 10.0 Å². The van der Waals surface area contributed by atoms with Gasteiger partial charge in [-0.1, -0.05) is 6.07 Å². The summed E-state index contributed by atoms with van der Waals surface area (Å²) in [6, 6.07) is 9.36. The first-order chi connectivity index (χ1) is 11.6. The summed E-state index contributed by atoms with van der Waals surface area (Å²) in [5.74, 6) is -0.333. The van der Waals surface area contributed by atoms with Gasteiger partial charge in [-0.25, -0.2) is 12.7 Å². The molecule has 0 saturated heterocycles. The van der Waals surface area contributed by atoms with Crippen LogP contribution in [0.3, 0.4) is 0 Å². The van der Waals surface area contributed by atoms with Crippen molar-refractivity contribution in [3.05, 3.63) is 53.9 Å². The second kappa shape index (κ2) is 7.20. The minimum Gasteiger partial charge on any atom is -0.399 e. The number of nitrogen functional groups attached to an aromatic ring is 1. The quantitative estimate of drug-likeness (QED) is 0.817. The van der Waals surface area contributed by atoms with Crippen LogP contribution in [0.1, 0.15) is 29.0 Å². The number of sulfonamides is 1. The molecule has 1 amide bonds. The van der Waals surface area contributed by atoms with E-state index in [1.54, 1.807) is 19.3 Å². The maximum absolute atomic E-state index is 12.8. The first-order valence-electron chi connectivity index (χ1n) is 7.65. The van der Waals surface area contributed by atoms with E-state index in [0.717, 1.165) is 10.00 Å². The predicted molar refractivity (Wildman–Crippen MR) is 96.5 cm³/mol. The van der Waals surface area contributed by atoms with Crippen LogP contribution in [0.15, 0.2) is 47.5 Å². The van der Waals surface area contributed by atoms with Gasteiger partial charge in [-0.15, -0.1) is 0 Å². The molecule has 2 N–H and O–H groups in total. The lowest BCUT2D eigenvalue weighted by Crippen LogP contribution is -2.30. The normalized spacial score (nSPS) is 12.8. The van der Waals surface area contributed by atoms with Gasteiger partial charge in [-0.05, 0) is 37.3 Å². The van der Waals surface area contributed by atoms with Crippen molar-refractivity contribution in [2.24, 2.45) is 0 Å². The minimum absolute atomic E-state index is 0.0141. The lowest BCUT2D eigenvalue weighted by atomic mass is 10.1. The number of hydrogen-bond donors (Lipinski definition) is 1. The standard InChI is InChI=1S/C17H22N4O3S/c1-12(16-7-5-6-8-19-16)21(4)17(22)13-9-14(18)11-15(10-13)25(23,24)20(2)3/h5-12H,18H2,1-4H3/t12-/m1/s1. The van der Waals surface area contributed by atoms with Crippen LogP contribution < -0.4 is 5.73 Å². The van der Waals surface area contributed by atoms with Crippen molar-refractivity contribution in [1.82, 2.24) is 14.2 Å². The van der Waals surface area contributed by atoms with Gasteiger partial charge in [0.25, 0.3) is 5.91 Å². The zero-order chi connectivity index (χ0) is 18.8. The second-order valence-corrected chi connectivity index (χ2v) is 8.08. The van der Waals surface area contributed by atoms with Crippen molar-refractivity contribution in [3.8, 4) is 0 Å². The number of carbonyl (C=O) groups is 1. The molecular formula is C17H22N4O3S. The lowest BCUT2D eigenvalue weighted by Gasteiger charge is -2.25. The van der Waals surface area contributed by atoms with Crippen molar-refractivity contribution in [1.29, 1.82) is 0 Å². The Morgan fingerprint density at radius 2 is 1.84 bits per heavy atom. The Morgan fingerprint density at radius 3 is 2.40 bits per heavy atom. The topological polar surface area (TPSA) is 96.6 Å². The van der Waals surface area contributed by atoms with Gasteiger partial charge in [-0.3, -0.25) is 9.78 Å². The number of nitrogens with zero attached hydrogens (tertiary/aromatic N) is 3. The van der Waals surface area contributed by atoms with E-state index in [2.05, 4.69) is 4.98 Å². The molecule has 0 radical (unpaired) electrons. The maximum Gasteiger partial charge on any atom is 0.254 e. The molecule has 7 nitrogen and oxygen atoms in total. The number of nitrogens with two attached hydrogens (primary N) is 1. The molecule has 0 aliphatic carbocycles. The number of rotatable bonds is 5. The van der Waals surface area contributed by atoms with E-state index in [1.165, 1.54) is 37.2 Å². The van der Waals surface area contributed by atoms with Crippen LogP contribution >= 0.6 is 0 Å². The Kier molecular flexibility index (Phi) is 5.44. The fraction of sp³-hybridized carbons (Fsp3) is 0.294. The molecule has 0 saturated carbocycles. The summed E-state index contributed by atoms with van der Waals surface area (Å²) in [4.78, 5) is 18.5. The van der Waals surface area contributed by atoms with Gasteiger partial charge in [0.1, 0.15) is 0 Å². The van der Waals surface area contributed by atoms with E-state index in [1.807, 2.05) is 19.1 Å². The molecule has 0 aliphatic heterocycles. The largest absolute Gasteiger partial charge is 0.399 e. The molecule has 1 heterocycles. The first-order valence-corrected chi connectivity index (χ1v) is 9.09. The van der Waals surface area contributed by atoms with Crippen molar-refractivity contribution in [2.45, 2.75) is 17.9 Å².